The molecule has 0 saturated carbocycles. The predicted octanol–water partition coefficient (Wildman–Crippen LogP) is 0.852. The van der Waals surface area contributed by atoms with Gasteiger partial charge in [-0.15, -0.1) is 0 Å². The van der Waals surface area contributed by atoms with Crippen molar-refractivity contribution in [2.45, 2.75) is 51.1 Å². The van der Waals surface area contributed by atoms with Crippen LogP contribution in [0.5, 0.6) is 0 Å². The Labute approximate surface area is 108 Å². The summed E-state index contributed by atoms with van der Waals surface area (Å²) in [5, 5.41) is -0.689. The summed E-state index contributed by atoms with van der Waals surface area (Å²) in [6.07, 6.45) is 0.602. The Bertz CT molecular complexity index is 369. The van der Waals surface area contributed by atoms with Crippen LogP contribution in [0.25, 0.3) is 0 Å². The number of hydrogen-bond donors (Lipinski definition) is 0. The molecule has 1 aliphatic rings. The molecule has 0 aromatic carbocycles. The van der Waals surface area contributed by atoms with E-state index in [4.69, 9.17) is 13.7 Å². The fourth-order valence-corrected chi connectivity index (χ4v) is 2.12. The van der Waals surface area contributed by atoms with E-state index in [1.807, 2.05) is 0 Å². The van der Waals surface area contributed by atoms with Gasteiger partial charge in [-0.25, -0.2) is 4.79 Å². The number of hydrogen-bond acceptors (Lipinski definition) is 6. The van der Waals surface area contributed by atoms with E-state index in [1.165, 1.54) is 20.8 Å². The highest BCUT2D eigenvalue weighted by atomic mass is 32.2. The standard InChI is InChI=1S/C11H20O6S/c1-8(2)18(13,14)17-9(3)11(12)16-7-10-5-4-6-15-10/h8-10H,4-7H2,1-3H3. The first kappa shape index (κ1) is 15.4. The maximum Gasteiger partial charge on any atom is 0.336 e. The van der Waals surface area contributed by atoms with Gasteiger partial charge in [0.05, 0.1) is 11.4 Å². The van der Waals surface area contributed by atoms with E-state index >= 15 is 0 Å². The van der Waals surface area contributed by atoms with Crippen LogP contribution in [0.15, 0.2) is 0 Å². The minimum absolute atomic E-state index is 0.0807. The van der Waals surface area contributed by atoms with Crippen molar-refractivity contribution >= 4 is 16.1 Å². The van der Waals surface area contributed by atoms with E-state index < -0.39 is 27.4 Å². The van der Waals surface area contributed by atoms with Gasteiger partial charge in [0.25, 0.3) is 10.1 Å². The number of carbonyl (C=O) groups is 1. The van der Waals surface area contributed by atoms with Crippen molar-refractivity contribution < 1.29 is 26.9 Å². The van der Waals surface area contributed by atoms with Gasteiger partial charge in [-0.3, -0.25) is 4.18 Å². The van der Waals surface area contributed by atoms with Gasteiger partial charge in [0, 0.05) is 6.61 Å². The molecule has 0 aromatic rings. The summed E-state index contributed by atoms with van der Waals surface area (Å²) in [5.41, 5.74) is 0. The molecule has 2 unspecified atom stereocenters. The summed E-state index contributed by atoms with van der Waals surface area (Å²) < 4.78 is 37.9. The fraction of sp³-hybridized carbons (Fsp3) is 0.909. The van der Waals surface area contributed by atoms with E-state index in [1.54, 1.807) is 0 Å². The van der Waals surface area contributed by atoms with E-state index in [0.717, 1.165) is 12.8 Å². The van der Waals surface area contributed by atoms with Crippen molar-refractivity contribution in [2.24, 2.45) is 0 Å². The molecule has 0 spiro atoms. The maximum absolute atomic E-state index is 11.5. The molecule has 1 saturated heterocycles. The van der Waals surface area contributed by atoms with Crippen LogP contribution in [0.3, 0.4) is 0 Å². The van der Waals surface area contributed by atoms with Crippen molar-refractivity contribution in [3.8, 4) is 0 Å². The maximum atomic E-state index is 11.5. The molecule has 1 rings (SSSR count). The SMILES string of the molecule is CC(OS(=O)(=O)C(C)C)C(=O)OCC1CCCO1. The average Bonchev–Trinajstić information content (AvgIpc) is 2.77. The molecule has 106 valence electrons. The van der Waals surface area contributed by atoms with Gasteiger partial charge in [-0.05, 0) is 33.6 Å². The smallest absolute Gasteiger partial charge is 0.336 e. The van der Waals surface area contributed by atoms with E-state index in [2.05, 4.69) is 0 Å². The molecule has 0 aliphatic carbocycles. The second-order valence-corrected chi connectivity index (χ2v) is 6.67. The Kier molecular flexibility index (Phi) is 5.55. The predicted molar refractivity (Wildman–Crippen MR) is 64.5 cm³/mol. The third-order valence-corrected chi connectivity index (χ3v) is 4.33. The van der Waals surface area contributed by atoms with Crippen LogP contribution in [0, 0.1) is 0 Å². The van der Waals surface area contributed by atoms with Crippen LogP contribution < -0.4 is 0 Å². The van der Waals surface area contributed by atoms with Crippen LogP contribution in [0.1, 0.15) is 33.6 Å². The van der Waals surface area contributed by atoms with Crippen LogP contribution in [0.4, 0.5) is 0 Å². The minimum Gasteiger partial charge on any atom is -0.461 e. The zero-order valence-electron chi connectivity index (χ0n) is 10.9. The topological polar surface area (TPSA) is 78.9 Å². The largest absolute Gasteiger partial charge is 0.461 e. The van der Waals surface area contributed by atoms with Crippen molar-refractivity contribution in [3.05, 3.63) is 0 Å². The highest BCUT2D eigenvalue weighted by Crippen LogP contribution is 2.13. The first-order valence-corrected chi connectivity index (χ1v) is 7.50. The lowest BCUT2D eigenvalue weighted by Crippen LogP contribution is -2.31. The fourth-order valence-electron chi connectivity index (χ4n) is 1.42. The number of rotatable bonds is 6. The normalized spacial score (nSPS) is 22.1. The summed E-state index contributed by atoms with van der Waals surface area (Å²) >= 11 is 0. The van der Waals surface area contributed by atoms with Crippen molar-refractivity contribution in [1.29, 1.82) is 0 Å². The second kappa shape index (κ2) is 6.49. The molecule has 7 heteroatoms. The molecule has 0 radical (unpaired) electrons. The molecule has 18 heavy (non-hydrogen) atoms. The van der Waals surface area contributed by atoms with Gasteiger partial charge >= 0.3 is 5.97 Å². The lowest BCUT2D eigenvalue weighted by Gasteiger charge is -2.15. The average molecular weight is 280 g/mol. The minimum atomic E-state index is -3.71. The van der Waals surface area contributed by atoms with Gasteiger partial charge in [0.15, 0.2) is 6.10 Å². The van der Waals surface area contributed by atoms with Crippen LogP contribution in [-0.2, 0) is 28.6 Å². The Morgan fingerprint density at radius 1 is 1.39 bits per heavy atom. The zero-order valence-corrected chi connectivity index (χ0v) is 11.7. The first-order chi connectivity index (χ1) is 8.33. The molecule has 1 heterocycles. The number of carbonyl (C=O) groups excluding carboxylic acids is 1. The van der Waals surface area contributed by atoms with Crippen LogP contribution in [-0.4, -0.2) is 45.1 Å². The van der Waals surface area contributed by atoms with Gasteiger partial charge in [0.2, 0.25) is 0 Å². The summed E-state index contributed by atoms with van der Waals surface area (Å²) in [7, 11) is -3.71. The molecular formula is C11H20O6S. The van der Waals surface area contributed by atoms with E-state index in [9.17, 15) is 13.2 Å². The van der Waals surface area contributed by atoms with Gasteiger partial charge in [0.1, 0.15) is 6.61 Å². The molecule has 0 aromatic heterocycles. The monoisotopic (exact) mass is 280 g/mol. The van der Waals surface area contributed by atoms with Gasteiger partial charge in [-0.1, -0.05) is 0 Å². The highest BCUT2D eigenvalue weighted by molar-refractivity contribution is 7.87. The summed E-state index contributed by atoms with van der Waals surface area (Å²) in [6.45, 7) is 5.15. The van der Waals surface area contributed by atoms with Gasteiger partial charge in [-0.2, -0.15) is 8.42 Å². The quantitative estimate of drug-likeness (QED) is 0.530. The lowest BCUT2D eigenvalue weighted by molar-refractivity contribution is -0.154. The zero-order chi connectivity index (χ0) is 13.8. The third kappa shape index (κ3) is 4.55. The summed E-state index contributed by atoms with van der Waals surface area (Å²) in [4.78, 5) is 11.5. The molecule has 0 N–H and O–H groups in total. The molecule has 1 aliphatic heterocycles. The van der Waals surface area contributed by atoms with Gasteiger partial charge < -0.3 is 9.47 Å². The van der Waals surface area contributed by atoms with Crippen molar-refractivity contribution in [2.75, 3.05) is 13.2 Å². The van der Waals surface area contributed by atoms with Crippen molar-refractivity contribution in [3.63, 3.8) is 0 Å². The van der Waals surface area contributed by atoms with E-state index in [0.29, 0.717) is 6.61 Å². The highest BCUT2D eigenvalue weighted by Gasteiger charge is 2.27. The Hall–Kier alpha value is -0.660. The lowest BCUT2D eigenvalue weighted by atomic mass is 10.2. The molecule has 0 bridgehead atoms. The Morgan fingerprint density at radius 2 is 2.06 bits per heavy atom. The molecule has 2 atom stereocenters. The first-order valence-electron chi connectivity index (χ1n) is 6.03. The number of ether oxygens (including phenoxy) is 2. The Morgan fingerprint density at radius 3 is 2.56 bits per heavy atom. The molecule has 0 amide bonds. The summed E-state index contributed by atoms with van der Waals surface area (Å²) in [6, 6.07) is 0. The second-order valence-electron chi connectivity index (χ2n) is 4.55. The summed E-state index contributed by atoms with van der Waals surface area (Å²) in [5.74, 6) is -0.685. The number of esters is 1. The van der Waals surface area contributed by atoms with Crippen LogP contribution in [0.2, 0.25) is 0 Å². The molecule has 1 fully saturated rings. The third-order valence-electron chi connectivity index (χ3n) is 2.62. The van der Waals surface area contributed by atoms with E-state index in [-0.39, 0.29) is 12.7 Å². The van der Waals surface area contributed by atoms with Crippen LogP contribution >= 0.6 is 0 Å². The Balaban J connectivity index is 2.36. The van der Waals surface area contributed by atoms with Crippen molar-refractivity contribution in [1.82, 2.24) is 0 Å². The molecule has 6 nitrogen and oxygen atoms in total. The molecular weight excluding hydrogens is 260 g/mol.